The number of carboxylic acid groups (broad SMARTS) is 1. The molecule has 20 heavy (non-hydrogen) atoms. The van der Waals surface area contributed by atoms with Crippen LogP contribution >= 0.6 is 0 Å². The number of nitrogens with one attached hydrogen (secondary N) is 1. The minimum Gasteiger partial charge on any atom is -0.480 e. The second-order valence-corrected chi connectivity index (χ2v) is 4.83. The largest absolute Gasteiger partial charge is 0.480 e. The Kier molecular flexibility index (Phi) is 4.08. The number of fused-ring (bicyclic) bond motifs is 1. The second kappa shape index (κ2) is 5.77. The maximum absolute atomic E-state index is 12.6. The Labute approximate surface area is 117 Å². The number of hydrogen-bond acceptors (Lipinski definition) is 2. The van der Waals surface area contributed by atoms with Crippen LogP contribution in [0.1, 0.15) is 30.6 Å². The minimum absolute atomic E-state index is 0.118. The lowest BCUT2D eigenvalue weighted by molar-refractivity contribution is -0.138. The lowest BCUT2D eigenvalue weighted by atomic mass is 10.1. The molecule has 0 aliphatic rings. The Morgan fingerprint density at radius 2 is 2.10 bits per heavy atom. The number of amides is 1. The average Bonchev–Trinajstić information content (AvgIpc) is 2.91. The van der Waals surface area contributed by atoms with E-state index in [1.165, 1.54) is 4.90 Å². The number of carbonyl (C=O) groups is 2. The standard InChI is InChI=1S/C15H18N2O3/c1-3-10(2)17(9-14(18)19)15(20)12-5-4-6-13-11(12)7-8-16-13/h4-8,10,16H,3,9H2,1-2H3,(H,18,19). The van der Waals surface area contributed by atoms with Gasteiger partial charge >= 0.3 is 5.97 Å². The van der Waals surface area contributed by atoms with E-state index in [-0.39, 0.29) is 18.5 Å². The molecule has 0 spiro atoms. The van der Waals surface area contributed by atoms with Gasteiger partial charge in [0.25, 0.3) is 5.91 Å². The SMILES string of the molecule is CCC(C)N(CC(=O)O)C(=O)c1cccc2[nH]ccc12. The van der Waals surface area contributed by atoms with Crippen molar-refractivity contribution in [3.63, 3.8) is 0 Å². The fourth-order valence-electron chi connectivity index (χ4n) is 2.22. The van der Waals surface area contributed by atoms with Crippen molar-refractivity contribution in [1.82, 2.24) is 9.88 Å². The summed E-state index contributed by atoms with van der Waals surface area (Å²) in [7, 11) is 0. The third kappa shape index (κ3) is 2.66. The van der Waals surface area contributed by atoms with E-state index in [0.717, 1.165) is 10.9 Å². The molecule has 1 heterocycles. The first kappa shape index (κ1) is 14.1. The Bertz CT molecular complexity index is 633. The Hall–Kier alpha value is -2.30. The van der Waals surface area contributed by atoms with Gasteiger partial charge in [0.2, 0.25) is 0 Å². The summed E-state index contributed by atoms with van der Waals surface area (Å²) in [6.07, 6.45) is 2.48. The number of aliphatic carboxylic acids is 1. The zero-order chi connectivity index (χ0) is 14.7. The van der Waals surface area contributed by atoms with E-state index in [0.29, 0.717) is 12.0 Å². The van der Waals surface area contributed by atoms with Gasteiger partial charge in [-0.15, -0.1) is 0 Å². The molecule has 0 fully saturated rings. The summed E-state index contributed by atoms with van der Waals surface area (Å²) >= 11 is 0. The monoisotopic (exact) mass is 274 g/mol. The van der Waals surface area contributed by atoms with Crippen LogP contribution in [0.25, 0.3) is 10.9 Å². The van der Waals surface area contributed by atoms with Gasteiger partial charge in [0.1, 0.15) is 6.54 Å². The van der Waals surface area contributed by atoms with Crippen molar-refractivity contribution in [2.24, 2.45) is 0 Å². The smallest absolute Gasteiger partial charge is 0.323 e. The highest BCUT2D eigenvalue weighted by Crippen LogP contribution is 2.20. The molecule has 5 nitrogen and oxygen atoms in total. The molecule has 1 unspecified atom stereocenters. The molecule has 0 saturated carbocycles. The van der Waals surface area contributed by atoms with Crippen LogP contribution in [0, 0.1) is 0 Å². The van der Waals surface area contributed by atoms with E-state index in [9.17, 15) is 9.59 Å². The van der Waals surface area contributed by atoms with Crippen molar-refractivity contribution in [2.75, 3.05) is 6.54 Å². The van der Waals surface area contributed by atoms with Crippen LogP contribution in [-0.4, -0.2) is 39.5 Å². The van der Waals surface area contributed by atoms with Gasteiger partial charge < -0.3 is 15.0 Å². The van der Waals surface area contributed by atoms with Crippen LogP contribution in [0.3, 0.4) is 0 Å². The summed E-state index contributed by atoms with van der Waals surface area (Å²) in [6.45, 7) is 3.51. The Morgan fingerprint density at radius 3 is 2.75 bits per heavy atom. The van der Waals surface area contributed by atoms with E-state index in [4.69, 9.17) is 5.11 Å². The quantitative estimate of drug-likeness (QED) is 0.879. The average molecular weight is 274 g/mol. The first-order chi connectivity index (χ1) is 9.54. The number of H-pyrrole nitrogens is 1. The van der Waals surface area contributed by atoms with E-state index < -0.39 is 5.97 Å². The van der Waals surface area contributed by atoms with Gasteiger partial charge in [0.15, 0.2) is 0 Å². The molecule has 2 N–H and O–H groups in total. The highest BCUT2D eigenvalue weighted by molar-refractivity contribution is 6.07. The van der Waals surface area contributed by atoms with E-state index >= 15 is 0 Å². The predicted molar refractivity (Wildman–Crippen MR) is 76.7 cm³/mol. The zero-order valence-electron chi connectivity index (χ0n) is 11.6. The van der Waals surface area contributed by atoms with Gasteiger partial charge in [0, 0.05) is 28.7 Å². The molecule has 1 amide bonds. The van der Waals surface area contributed by atoms with Crippen molar-refractivity contribution >= 4 is 22.8 Å². The highest BCUT2D eigenvalue weighted by atomic mass is 16.4. The predicted octanol–water partition coefficient (Wildman–Crippen LogP) is 2.49. The van der Waals surface area contributed by atoms with Crippen molar-refractivity contribution in [3.8, 4) is 0 Å². The lowest BCUT2D eigenvalue weighted by Crippen LogP contribution is -2.41. The number of carbonyl (C=O) groups excluding carboxylic acids is 1. The zero-order valence-corrected chi connectivity index (χ0v) is 11.6. The van der Waals surface area contributed by atoms with Gasteiger partial charge in [-0.25, -0.2) is 0 Å². The normalized spacial score (nSPS) is 12.3. The van der Waals surface area contributed by atoms with Crippen molar-refractivity contribution in [2.45, 2.75) is 26.3 Å². The minimum atomic E-state index is -1.00. The van der Waals surface area contributed by atoms with Crippen molar-refractivity contribution in [1.29, 1.82) is 0 Å². The first-order valence-electron chi connectivity index (χ1n) is 6.63. The lowest BCUT2D eigenvalue weighted by Gasteiger charge is -2.27. The number of nitrogens with zero attached hydrogens (tertiary/aromatic N) is 1. The number of aromatic nitrogens is 1. The summed E-state index contributed by atoms with van der Waals surface area (Å²) in [5.74, 6) is -1.24. The maximum atomic E-state index is 12.6. The molecule has 2 aromatic rings. The van der Waals surface area contributed by atoms with E-state index in [2.05, 4.69) is 4.98 Å². The Balaban J connectivity index is 2.40. The second-order valence-electron chi connectivity index (χ2n) is 4.83. The van der Waals surface area contributed by atoms with Crippen LogP contribution in [0.4, 0.5) is 0 Å². The summed E-state index contributed by atoms with van der Waals surface area (Å²) < 4.78 is 0. The van der Waals surface area contributed by atoms with Crippen molar-refractivity contribution in [3.05, 3.63) is 36.0 Å². The molecule has 1 atom stereocenters. The van der Waals surface area contributed by atoms with Gasteiger partial charge in [0.05, 0.1) is 0 Å². The number of hydrogen-bond donors (Lipinski definition) is 2. The molecule has 1 aromatic carbocycles. The number of rotatable bonds is 5. The molecule has 0 aliphatic carbocycles. The molecule has 0 radical (unpaired) electrons. The molecular weight excluding hydrogens is 256 g/mol. The van der Waals surface area contributed by atoms with Crippen molar-refractivity contribution < 1.29 is 14.7 Å². The topological polar surface area (TPSA) is 73.4 Å². The van der Waals surface area contributed by atoms with Crippen LogP contribution in [0.5, 0.6) is 0 Å². The molecule has 0 aliphatic heterocycles. The summed E-state index contributed by atoms with van der Waals surface area (Å²) in [4.78, 5) is 28.1. The van der Waals surface area contributed by atoms with Gasteiger partial charge in [-0.05, 0) is 31.5 Å². The Morgan fingerprint density at radius 1 is 1.35 bits per heavy atom. The fourth-order valence-corrected chi connectivity index (χ4v) is 2.22. The summed E-state index contributed by atoms with van der Waals surface area (Å²) in [6, 6.07) is 7.12. The third-order valence-electron chi connectivity index (χ3n) is 3.51. The molecular formula is C15H18N2O3. The van der Waals surface area contributed by atoms with Crippen LogP contribution in [-0.2, 0) is 4.79 Å². The van der Waals surface area contributed by atoms with Gasteiger partial charge in [-0.1, -0.05) is 13.0 Å². The molecule has 1 aromatic heterocycles. The number of aromatic amines is 1. The molecule has 106 valence electrons. The highest BCUT2D eigenvalue weighted by Gasteiger charge is 2.24. The molecule has 2 rings (SSSR count). The summed E-state index contributed by atoms with van der Waals surface area (Å²) in [5.41, 5.74) is 1.40. The van der Waals surface area contributed by atoms with Gasteiger partial charge in [-0.3, -0.25) is 9.59 Å². The maximum Gasteiger partial charge on any atom is 0.323 e. The van der Waals surface area contributed by atoms with Crippen LogP contribution in [0.2, 0.25) is 0 Å². The van der Waals surface area contributed by atoms with Crippen LogP contribution < -0.4 is 0 Å². The first-order valence-corrected chi connectivity index (χ1v) is 6.63. The van der Waals surface area contributed by atoms with E-state index in [1.807, 2.05) is 26.0 Å². The van der Waals surface area contributed by atoms with Crippen LogP contribution in [0.15, 0.2) is 30.5 Å². The summed E-state index contributed by atoms with van der Waals surface area (Å²) in [5, 5.41) is 9.81. The fraction of sp³-hybridized carbons (Fsp3) is 0.333. The van der Waals surface area contributed by atoms with E-state index in [1.54, 1.807) is 18.3 Å². The molecule has 0 bridgehead atoms. The number of benzene rings is 1. The molecule has 5 heteroatoms. The van der Waals surface area contributed by atoms with Gasteiger partial charge in [-0.2, -0.15) is 0 Å². The third-order valence-corrected chi connectivity index (χ3v) is 3.51. The number of carboxylic acids is 1. The molecule has 0 saturated heterocycles.